The molecule has 2 heterocycles. The van der Waals surface area contributed by atoms with Gasteiger partial charge >= 0.3 is 6.09 Å². The fourth-order valence-electron chi connectivity index (χ4n) is 3.44. The van der Waals surface area contributed by atoms with Crippen LogP contribution in [0.3, 0.4) is 0 Å². The zero-order valence-corrected chi connectivity index (χ0v) is 17.7. The summed E-state index contributed by atoms with van der Waals surface area (Å²) in [5, 5.41) is 0.391. The maximum atomic E-state index is 13.2. The number of ether oxygens (including phenoxy) is 1. The molecular formula is C20H27ClN2O3S. The van der Waals surface area contributed by atoms with Crippen LogP contribution in [-0.2, 0) is 9.53 Å². The van der Waals surface area contributed by atoms with Crippen LogP contribution in [0.1, 0.15) is 51.0 Å². The van der Waals surface area contributed by atoms with Crippen molar-refractivity contribution in [3.63, 3.8) is 0 Å². The Bertz CT molecular complexity index is 683. The molecule has 2 amide bonds. The third kappa shape index (κ3) is 4.91. The molecule has 0 aromatic heterocycles. The molecule has 2 saturated heterocycles. The Morgan fingerprint density at radius 1 is 1.11 bits per heavy atom. The summed E-state index contributed by atoms with van der Waals surface area (Å²) in [6.45, 7) is 7.06. The molecule has 1 aromatic carbocycles. The molecule has 27 heavy (non-hydrogen) atoms. The minimum Gasteiger partial charge on any atom is -0.444 e. The van der Waals surface area contributed by atoms with Crippen LogP contribution in [0.25, 0.3) is 0 Å². The quantitative estimate of drug-likeness (QED) is 0.708. The third-order valence-electron chi connectivity index (χ3n) is 4.71. The van der Waals surface area contributed by atoms with E-state index >= 15 is 0 Å². The van der Waals surface area contributed by atoms with Gasteiger partial charge in [-0.15, -0.1) is 11.8 Å². The number of rotatable bonds is 2. The Morgan fingerprint density at radius 2 is 1.74 bits per heavy atom. The van der Waals surface area contributed by atoms with E-state index in [-0.39, 0.29) is 11.3 Å². The Morgan fingerprint density at radius 3 is 2.33 bits per heavy atom. The maximum absolute atomic E-state index is 13.2. The number of benzene rings is 1. The average molecular weight is 411 g/mol. The van der Waals surface area contributed by atoms with Gasteiger partial charge in [-0.1, -0.05) is 23.7 Å². The number of thioether (sulfide) groups is 1. The summed E-state index contributed by atoms with van der Waals surface area (Å²) in [7, 11) is 0. The fourth-order valence-corrected chi connectivity index (χ4v) is 4.98. The van der Waals surface area contributed by atoms with Gasteiger partial charge in [-0.05, 0) is 57.7 Å². The fraction of sp³-hybridized carbons (Fsp3) is 0.600. The van der Waals surface area contributed by atoms with Gasteiger partial charge in [-0.2, -0.15) is 0 Å². The highest BCUT2D eigenvalue weighted by molar-refractivity contribution is 7.99. The summed E-state index contributed by atoms with van der Waals surface area (Å²) >= 11 is 7.61. The number of likely N-dealkylation sites (tertiary alicyclic amines) is 1. The van der Waals surface area contributed by atoms with Crippen molar-refractivity contribution in [2.24, 2.45) is 0 Å². The van der Waals surface area contributed by atoms with Gasteiger partial charge in [0.25, 0.3) is 0 Å². The summed E-state index contributed by atoms with van der Waals surface area (Å²) in [6.07, 6.45) is 2.77. The largest absolute Gasteiger partial charge is 0.444 e. The first-order valence-electron chi connectivity index (χ1n) is 9.43. The first-order chi connectivity index (χ1) is 12.8. The van der Waals surface area contributed by atoms with Crippen molar-refractivity contribution in [2.75, 3.05) is 18.8 Å². The van der Waals surface area contributed by atoms with Gasteiger partial charge < -0.3 is 9.64 Å². The molecular weight excluding hydrogens is 384 g/mol. The lowest BCUT2D eigenvalue weighted by Gasteiger charge is -2.35. The van der Waals surface area contributed by atoms with Crippen molar-refractivity contribution in [2.45, 2.75) is 57.1 Å². The van der Waals surface area contributed by atoms with Crippen molar-refractivity contribution in [1.82, 2.24) is 9.80 Å². The minimum atomic E-state index is -0.617. The smallest absolute Gasteiger partial charge is 0.412 e. The minimum absolute atomic E-state index is 0.0320. The molecule has 148 valence electrons. The molecule has 0 aliphatic carbocycles. The number of hydrogen-bond acceptors (Lipinski definition) is 4. The molecule has 2 aliphatic rings. The second kappa shape index (κ2) is 8.31. The molecule has 0 saturated carbocycles. The van der Waals surface area contributed by atoms with Gasteiger partial charge in [0.15, 0.2) is 0 Å². The van der Waals surface area contributed by atoms with Crippen LogP contribution >= 0.6 is 23.4 Å². The summed E-state index contributed by atoms with van der Waals surface area (Å²) in [5.41, 5.74) is 0.331. The standard InChI is InChI=1S/C20H27ClN2O3S/c1-20(2,3)26-19(25)23-16(17(24)22-11-5-4-6-12-22)13-27-18(23)14-7-9-15(21)10-8-14/h7-10,16,18H,4-6,11-13H2,1-3H3. The van der Waals surface area contributed by atoms with E-state index in [0.717, 1.165) is 37.9 Å². The molecule has 1 aromatic rings. The average Bonchev–Trinajstić information content (AvgIpc) is 3.06. The molecule has 0 radical (unpaired) electrons. The SMILES string of the molecule is CC(C)(C)OC(=O)N1C(C(=O)N2CCCCC2)CSC1c1ccc(Cl)cc1. The van der Waals surface area contributed by atoms with Crippen LogP contribution in [0, 0.1) is 0 Å². The molecule has 0 N–H and O–H groups in total. The van der Waals surface area contributed by atoms with E-state index in [0.29, 0.717) is 10.8 Å². The van der Waals surface area contributed by atoms with Crippen LogP contribution in [0.15, 0.2) is 24.3 Å². The van der Waals surface area contributed by atoms with Crippen molar-refractivity contribution in [3.05, 3.63) is 34.9 Å². The number of nitrogens with zero attached hydrogens (tertiary/aromatic N) is 2. The molecule has 0 bridgehead atoms. The molecule has 2 aliphatic heterocycles. The Labute approximate surface area is 170 Å². The van der Waals surface area contributed by atoms with Crippen LogP contribution in [-0.4, -0.2) is 52.3 Å². The van der Waals surface area contributed by atoms with Crippen molar-refractivity contribution < 1.29 is 14.3 Å². The number of piperidine rings is 1. The molecule has 2 unspecified atom stereocenters. The first kappa shape index (κ1) is 20.3. The lowest BCUT2D eigenvalue weighted by molar-refractivity contribution is -0.136. The van der Waals surface area contributed by atoms with E-state index in [4.69, 9.17) is 16.3 Å². The zero-order valence-electron chi connectivity index (χ0n) is 16.1. The van der Waals surface area contributed by atoms with Gasteiger partial charge in [0.1, 0.15) is 17.0 Å². The first-order valence-corrected chi connectivity index (χ1v) is 10.9. The van der Waals surface area contributed by atoms with Gasteiger partial charge in [-0.25, -0.2) is 4.79 Å². The van der Waals surface area contributed by atoms with E-state index in [9.17, 15) is 9.59 Å². The van der Waals surface area contributed by atoms with Crippen LogP contribution in [0.5, 0.6) is 0 Å². The second-order valence-corrected chi connectivity index (χ2v) is 9.58. The van der Waals surface area contributed by atoms with Crippen LogP contribution in [0.2, 0.25) is 5.02 Å². The predicted molar refractivity (Wildman–Crippen MR) is 109 cm³/mol. The molecule has 2 fully saturated rings. The van der Waals surface area contributed by atoms with Gasteiger partial charge in [0.05, 0.1) is 0 Å². The van der Waals surface area contributed by atoms with Crippen molar-refractivity contribution in [3.8, 4) is 0 Å². The second-order valence-electron chi connectivity index (χ2n) is 8.03. The van der Waals surface area contributed by atoms with E-state index in [1.807, 2.05) is 49.9 Å². The Hall–Kier alpha value is -1.40. The van der Waals surface area contributed by atoms with E-state index in [1.54, 1.807) is 16.7 Å². The lowest BCUT2D eigenvalue weighted by atomic mass is 10.1. The number of carbonyl (C=O) groups is 2. The normalized spacial score (nSPS) is 23.4. The molecule has 0 spiro atoms. The van der Waals surface area contributed by atoms with Crippen LogP contribution in [0.4, 0.5) is 4.79 Å². The highest BCUT2D eigenvalue weighted by Gasteiger charge is 2.45. The Balaban J connectivity index is 1.86. The highest BCUT2D eigenvalue weighted by Crippen LogP contribution is 2.43. The number of hydrogen-bond donors (Lipinski definition) is 0. The molecule has 3 rings (SSSR count). The topological polar surface area (TPSA) is 49.9 Å². The van der Waals surface area contributed by atoms with Crippen molar-refractivity contribution >= 4 is 35.4 Å². The van der Waals surface area contributed by atoms with Gasteiger partial charge in [0.2, 0.25) is 5.91 Å². The number of amides is 2. The number of halogens is 1. The van der Waals surface area contributed by atoms with Gasteiger partial charge in [-0.3, -0.25) is 9.69 Å². The van der Waals surface area contributed by atoms with Gasteiger partial charge in [0, 0.05) is 23.9 Å². The zero-order chi connectivity index (χ0) is 19.6. The summed E-state index contributed by atoms with van der Waals surface area (Å²) < 4.78 is 5.64. The number of carbonyl (C=O) groups excluding carboxylic acids is 2. The summed E-state index contributed by atoms with van der Waals surface area (Å²) in [5.74, 6) is 0.603. The molecule has 2 atom stereocenters. The predicted octanol–water partition coefficient (Wildman–Crippen LogP) is 4.70. The monoisotopic (exact) mass is 410 g/mol. The lowest BCUT2D eigenvalue weighted by Crippen LogP contribution is -2.51. The van der Waals surface area contributed by atoms with E-state index in [1.165, 1.54) is 0 Å². The third-order valence-corrected chi connectivity index (χ3v) is 6.29. The van der Waals surface area contributed by atoms with E-state index < -0.39 is 17.7 Å². The summed E-state index contributed by atoms with van der Waals surface area (Å²) in [4.78, 5) is 29.7. The van der Waals surface area contributed by atoms with Crippen LogP contribution < -0.4 is 0 Å². The maximum Gasteiger partial charge on any atom is 0.412 e. The molecule has 7 heteroatoms. The van der Waals surface area contributed by atoms with E-state index in [2.05, 4.69) is 0 Å². The summed E-state index contributed by atoms with van der Waals surface area (Å²) in [6, 6.07) is 6.94. The Kier molecular flexibility index (Phi) is 6.26. The molecule has 5 nitrogen and oxygen atoms in total. The van der Waals surface area contributed by atoms with Crippen molar-refractivity contribution in [1.29, 1.82) is 0 Å². The highest BCUT2D eigenvalue weighted by atomic mass is 35.5.